The second-order valence-corrected chi connectivity index (χ2v) is 8.23. The molecule has 1 atom stereocenters. The molecule has 0 heterocycles. The summed E-state index contributed by atoms with van der Waals surface area (Å²) < 4.78 is 5.17. The van der Waals surface area contributed by atoms with E-state index in [1.807, 2.05) is 18.2 Å². The van der Waals surface area contributed by atoms with Gasteiger partial charge in [-0.05, 0) is 72.9 Å². The highest BCUT2D eigenvalue weighted by Gasteiger charge is 2.28. The maximum absolute atomic E-state index is 13.1. The summed E-state index contributed by atoms with van der Waals surface area (Å²) >= 11 is 0. The van der Waals surface area contributed by atoms with Gasteiger partial charge in [-0.1, -0.05) is 12.1 Å². The summed E-state index contributed by atoms with van der Waals surface area (Å²) in [4.78, 5) is 38.1. The predicted molar refractivity (Wildman–Crippen MR) is 128 cm³/mol. The standard InChI is InChI=1S/C26H25N3O5/c1-28(26(31)18-10-13-22(34-2)14-11-18)24-8-4-5-17-9-12-20(16-23(17)24)27-25(30)19-6-3-7-21(15-19)29(32)33/h3,6-7,9-16,24H,4-5,8H2,1-2H3,(H,27,30). The second kappa shape index (κ2) is 9.74. The van der Waals surface area contributed by atoms with Gasteiger partial charge in [0.1, 0.15) is 5.75 Å². The average Bonchev–Trinajstić information content (AvgIpc) is 2.87. The van der Waals surface area contributed by atoms with E-state index in [4.69, 9.17) is 4.74 Å². The van der Waals surface area contributed by atoms with Gasteiger partial charge in [0.25, 0.3) is 17.5 Å². The van der Waals surface area contributed by atoms with E-state index in [0.717, 1.165) is 30.4 Å². The number of methoxy groups -OCH3 is 1. The third kappa shape index (κ3) is 4.76. The van der Waals surface area contributed by atoms with Crippen molar-refractivity contribution in [1.29, 1.82) is 0 Å². The first-order valence-corrected chi connectivity index (χ1v) is 11.0. The summed E-state index contributed by atoms with van der Waals surface area (Å²) in [7, 11) is 3.37. The van der Waals surface area contributed by atoms with Gasteiger partial charge in [-0.25, -0.2) is 0 Å². The molecule has 0 saturated heterocycles. The van der Waals surface area contributed by atoms with Gasteiger partial charge in [0.15, 0.2) is 0 Å². The third-order valence-electron chi connectivity index (χ3n) is 6.13. The van der Waals surface area contributed by atoms with E-state index in [0.29, 0.717) is 17.0 Å². The Balaban J connectivity index is 1.56. The Labute approximate surface area is 197 Å². The minimum atomic E-state index is -0.532. The van der Waals surface area contributed by atoms with Crippen LogP contribution >= 0.6 is 0 Å². The molecule has 0 radical (unpaired) electrons. The lowest BCUT2D eigenvalue weighted by molar-refractivity contribution is -0.384. The van der Waals surface area contributed by atoms with Crippen molar-refractivity contribution in [3.63, 3.8) is 0 Å². The summed E-state index contributed by atoms with van der Waals surface area (Å²) in [6, 6.07) is 18.2. The fraction of sp³-hybridized carbons (Fsp3) is 0.231. The zero-order valence-corrected chi connectivity index (χ0v) is 19.0. The number of hydrogen-bond acceptors (Lipinski definition) is 5. The first kappa shape index (κ1) is 23.0. The summed E-state index contributed by atoms with van der Waals surface area (Å²) in [6.45, 7) is 0. The lowest BCUT2D eigenvalue weighted by atomic mass is 9.86. The number of hydrogen-bond donors (Lipinski definition) is 1. The van der Waals surface area contributed by atoms with E-state index >= 15 is 0 Å². The molecule has 0 bridgehead atoms. The van der Waals surface area contributed by atoms with Gasteiger partial charge in [-0.2, -0.15) is 0 Å². The van der Waals surface area contributed by atoms with Crippen LogP contribution in [0.1, 0.15) is 50.7 Å². The summed E-state index contributed by atoms with van der Waals surface area (Å²) in [5, 5.41) is 13.8. The van der Waals surface area contributed by atoms with Crippen molar-refractivity contribution in [3.8, 4) is 5.75 Å². The molecule has 34 heavy (non-hydrogen) atoms. The van der Waals surface area contributed by atoms with Crippen LogP contribution in [-0.4, -0.2) is 35.8 Å². The maximum atomic E-state index is 13.1. The van der Waals surface area contributed by atoms with Crippen LogP contribution in [-0.2, 0) is 6.42 Å². The number of benzene rings is 3. The maximum Gasteiger partial charge on any atom is 0.270 e. The number of nitro groups is 1. The molecule has 0 spiro atoms. The molecule has 1 unspecified atom stereocenters. The number of nitro benzene ring substituents is 1. The van der Waals surface area contributed by atoms with E-state index in [1.54, 1.807) is 43.3 Å². The number of rotatable bonds is 6. The zero-order valence-electron chi connectivity index (χ0n) is 19.0. The molecule has 0 fully saturated rings. The second-order valence-electron chi connectivity index (χ2n) is 8.23. The minimum absolute atomic E-state index is 0.0912. The van der Waals surface area contributed by atoms with Gasteiger partial charge in [0, 0.05) is 36.0 Å². The number of nitrogens with one attached hydrogen (secondary N) is 1. The number of fused-ring (bicyclic) bond motifs is 1. The molecule has 0 aromatic heterocycles. The third-order valence-corrected chi connectivity index (χ3v) is 6.13. The van der Waals surface area contributed by atoms with Crippen LogP contribution in [0.5, 0.6) is 5.75 Å². The van der Waals surface area contributed by atoms with Crippen molar-refractivity contribution >= 4 is 23.2 Å². The highest BCUT2D eigenvalue weighted by molar-refractivity contribution is 6.04. The summed E-state index contributed by atoms with van der Waals surface area (Å²) in [6.07, 6.45) is 2.67. The lowest BCUT2D eigenvalue weighted by Gasteiger charge is -2.34. The molecule has 3 aromatic rings. The average molecular weight is 460 g/mol. The normalized spacial score (nSPS) is 14.6. The zero-order chi connectivity index (χ0) is 24.2. The molecule has 8 heteroatoms. The van der Waals surface area contributed by atoms with Crippen LogP contribution in [0.25, 0.3) is 0 Å². The van der Waals surface area contributed by atoms with Crippen LogP contribution in [0.4, 0.5) is 11.4 Å². The van der Waals surface area contributed by atoms with Crippen molar-refractivity contribution in [2.45, 2.75) is 25.3 Å². The molecule has 3 aromatic carbocycles. The highest BCUT2D eigenvalue weighted by Crippen LogP contribution is 2.36. The Hall–Kier alpha value is -4.20. The monoisotopic (exact) mass is 459 g/mol. The molecule has 2 amide bonds. The largest absolute Gasteiger partial charge is 0.497 e. The van der Waals surface area contributed by atoms with Crippen LogP contribution in [0, 0.1) is 10.1 Å². The van der Waals surface area contributed by atoms with Crippen molar-refractivity contribution in [1.82, 2.24) is 4.90 Å². The molecule has 1 N–H and O–H groups in total. The van der Waals surface area contributed by atoms with Crippen LogP contribution < -0.4 is 10.1 Å². The van der Waals surface area contributed by atoms with Crippen LogP contribution in [0.3, 0.4) is 0 Å². The topological polar surface area (TPSA) is 102 Å². The fourth-order valence-electron chi connectivity index (χ4n) is 4.30. The number of carbonyl (C=O) groups is 2. The summed E-state index contributed by atoms with van der Waals surface area (Å²) in [5.74, 6) is 0.163. The van der Waals surface area contributed by atoms with Gasteiger partial charge in [0.2, 0.25) is 0 Å². The van der Waals surface area contributed by atoms with E-state index in [1.165, 1.54) is 24.3 Å². The molecule has 8 nitrogen and oxygen atoms in total. The predicted octanol–water partition coefficient (Wildman–Crippen LogP) is 5.01. The SMILES string of the molecule is COc1ccc(C(=O)N(C)C2CCCc3ccc(NC(=O)c4cccc([N+](=O)[O-])c4)cc32)cc1. The number of carbonyl (C=O) groups excluding carboxylic acids is 2. The molecule has 1 aliphatic rings. The Morgan fingerprint density at radius 2 is 1.82 bits per heavy atom. The van der Waals surface area contributed by atoms with Gasteiger partial charge >= 0.3 is 0 Å². The van der Waals surface area contributed by atoms with Gasteiger partial charge in [-0.15, -0.1) is 0 Å². The first-order chi connectivity index (χ1) is 16.4. The van der Waals surface area contributed by atoms with E-state index < -0.39 is 10.8 Å². The molecule has 0 aliphatic heterocycles. The Morgan fingerprint density at radius 3 is 2.53 bits per heavy atom. The molecule has 174 valence electrons. The van der Waals surface area contributed by atoms with Gasteiger partial charge < -0.3 is 15.0 Å². The van der Waals surface area contributed by atoms with Crippen molar-refractivity contribution < 1.29 is 19.2 Å². The molecule has 1 aliphatic carbocycles. The van der Waals surface area contributed by atoms with Gasteiger partial charge in [-0.3, -0.25) is 19.7 Å². The first-order valence-electron chi connectivity index (χ1n) is 11.0. The Bertz CT molecular complexity index is 1240. The van der Waals surface area contributed by atoms with E-state index in [2.05, 4.69) is 5.32 Å². The number of amides is 2. The van der Waals surface area contributed by atoms with Crippen molar-refractivity contribution in [2.24, 2.45) is 0 Å². The fourth-order valence-corrected chi connectivity index (χ4v) is 4.30. The smallest absolute Gasteiger partial charge is 0.270 e. The Morgan fingerprint density at radius 1 is 1.06 bits per heavy atom. The molecule has 0 saturated carbocycles. The Kier molecular flexibility index (Phi) is 6.58. The molecule has 4 rings (SSSR count). The van der Waals surface area contributed by atoms with Crippen LogP contribution in [0.15, 0.2) is 66.7 Å². The van der Waals surface area contributed by atoms with E-state index in [9.17, 15) is 19.7 Å². The number of ether oxygens (including phenoxy) is 1. The number of nitrogens with zero attached hydrogens (tertiary/aromatic N) is 2. The van der Waals surface area contributed by atoms with Gasteiger partial charge in [0.05, 0.1) is 18.1 Å². The van der Waals surface area contributed by atoms with E-state index in [-0.39, 0.29) is 23.2 Å². The van der Waals surface area contributed by atoms with Crippen molar-refractivity contribution in [2.75, 3.05) is 19.5 Å². The summed E-state index contributed by atoms with van der Waals surface area (Å²) in [5.41, 5.74) is 3.34. The number of anilines is 1. The number of non-ortho nitro benzene ring substituents is 1. The van der Waals surface area contributed by atoms with Crippen molar-refractivity contribution in [3.05, 3.63) is 99.1 Å². The quantitative estimate of drug-likeness (QED) is 0.413. The lowest BCUT2D eigenvalue weighted by Crippen LogP contribution is -2.33. The highest BCUT2D eigenvalue weighted by atomic mass is 16.6. The van der Waals surface area contributed by atoms with Crippen LogP contribution in [0.2, 0.25) is 0 Å². The minimum Gasteiger partial charge on any atom is -0.497 e. The number of aryl methyl sites for hydroxylation is 1. The molecular formula is C26H25N3O5. The molecular weight excluding hydrogens is 434 g/mol.